The Hall–Kier alpha value is -0.930. The highest BCUT2D eigenvalue weighted by Gasteiger charge is 2.02. The lowest BCUT2D eigenvalue weighted by atomic mass is 10.1. The summed E-state index contributed by atoms with van der Waals surface area (Å²) < 4.78 is 1.02. The van der Waals surface area contributed by atoms with Crippen LogP contribution in [-0.4, -0.2) is 0 Å². The van der Waals surface area contributed by atoms with Crippen LogP contribution in [-0.2, 0) is 5.75 Å². The van der Waals surface area contributed by atoms with Crippen LogP contribution in [0.25, 0.3) is 0 Å². The number of thioether (sulfide) groups is 1. The lowest BCUT2D eigenvalue weighted by Crippen LogP contribution is -1.90. The third-order valence-corrected chi connectivity index (χ3v) is 4.25. The molecule has 2 rings (SSSR count). The van der Waals surface area contributed by atoms with Crippen molar-refractivity contribution in [2.75, 3.05) is 5.73 Å². The fourth-order valence-corrected chi connectivity index (χ4v) is 2.98. The molecule has 0 aromatic heterocycles. The first-order valence-electron chi connectivity index (χ1n) is 5.39. The highest BCUT2D eigenvalue weighted by molar-refractivity contribution is 9.10. The topological polar surface area (TPSA) is 26.0 Å². The molecule has 0 radical (unpaired) electrons. The summed E-state index contributed by atoms with van der Waals surface area (Å²) in [4.78, 5) is 1.14. The number of hydrogen-bond acceptors (Lipinski definition) is 2. The molecular formula is C14H14BrNS. The van der Waals surface area contributed by atoms with Crippen LogP contribution in [0.15, 0.2) is 51.8 Å². The summed E-state index contributed by atoms with van der Waals surface area (Å²) in [6.45, 7) is 2.14. The van der Waals surface area contributed by atoms with E-state index < -0.39 is 0 Å². The standard InChI is InChI=1S/C14H14BrNS/c1-10-4-2-3-5-11(10)9-17-14-7-6-12(15)8-13(14)16/h2-8H,9,16H2,1H3. The Labute approximate surface area is 115 Å². The molecule has 0 atom stereocenters. The van der Waals surface area contributed by atoms with Crippen LogP contribution < -0.4 is 5.73 Å². The Morgan fingerprint density at radius 3 is 2.65 bits per heavy atom. The van der Waals surface area contributed by atoms with Crippen LogP contribution in [0.2, 0.25) is 0 Å². The van der Waals surface area contributed by atoms with E-state index in [2.05, 4.69) is 53.2 Å². The predicted molar refractivity (Wildman–Crippen MR) is 79.3 cm³/mol. The van der Waals surface area contributed by atoms with Gasteiger partial charge in [-0.3, -0.25) is 0 Å². The van der Waals surface area contributed by atoms with E-state index in [1.165, 1.54) is 11.1 Å². The van der Waals surface area contributed by atoms with E-state index in [9.17, 15) is 0 Å². The first-order chi connectivity index (χ1) is 8.16. The van der Waals surface area contributed by atoms with E-state index in [-0.39, 0.29) is 0 Å². The van der Waals surface area contributed by atoms with Gasteiger partial charge < -0.3 is 5.73 Å². The maximum atomic E-state index is 5.97. The van der Waals surface area contributed by atoms with Crippen molar-refractivity contribution in [2.24, 2.45) is 0 Å². The molecule has 88 valence electrons. The minimum atomic E-state index is 0.831. The van der Waals surface area contributed by atoms with Crippen LogP contribution >= 0.6 is 27.7 Å². The number of nitrogen functional groups attached to an aromatic ring is 1. The molecule has 17 heavy (non-hydrogen) atoms. The van der Waals surface area contributed by atoms with E-state index in [1.54, 1.807) is 11.8 Å². The van der Waals surface area contributed by atoms with Crippen molar-refractivity contribution in [2.45, 2.75) is 17.6 Å². The van der Waals surface area contributed by atoms with Gasteiger partial charge in [0.15, 0.2) is 0 Å². The summed E-state index contributed by atoms with van der Waals surface area (Å²) in [6.07, 6.45) is 0. The molecule has 0 amide bonds. The predicted octanol–water partition coefficient (Wildman–Crippen LogP) is 4.63. The molecule has 0 aliphatic heterocycles. The van der Waals surface area contributed by atoms with Crippen LogP contribution in [0.5, 0.6) is 0 Å². The number of benzene rings is 2. The Kier molecular flexibility index (Phi) is 4.13. The van der Waals surface area contributed by atoms with E-state index in [4.69, 9.17) is 5.73 Å². The number of nitrogens with two attached hydrogens (primary N) is 1. The van der Waals surface area contributed by atoms with Gasteiger partial charge in [-0.2, -0.15) is 0 Å². The Balaban J connectivity index is 2.10. The molecule has 0 spiro atoms. The number of halogens is 1. The zero-order chi connectivity index (χ0) is 12.3. The highest BCUT2D eigenvalue weighted by Crippen LogP contribution is 2.30. The van der Waals surface area contributed by atoms with Crippen molar-refractivity contribution in [3.8, 4) is 0 Å². The van der Waals surface area contributed by atoms with Crippen LogP contribution in [0, 0.1) is 6.92 Å². The Morgan fingerprint density at radius 2 is 1.94 bits per heavy atom. The van der Waals surface area contributed by atoms with Crippen molar-refractivity contribution in [3.05, 3.63) is 58.1 Å². The Bertz CT molecular complexity index is 525. The third kappa shape index (κ3) is 3.27. The average molecular weight is 308 g/mol. The zero-order valence-electron chi connectivity index (χ0n) is 9.61. The number of hydrogen-bond donors (Lipinski definition) is 1. The summed E-state index contributed by atoms with van der Waals surface area (Å²) in [7, 11) is 0. The van der Waals surface area contributed by atoms with Gasteiger partial charge in [0.1, 0.15) is 0 Å². The maximum absolute atomic E-state index is 5.97. The van der Waals surface area contributed by atoms with Gasteiger partial charge in [0.2, 0.25) is 0 Å². The molecule has 3 heteroatoms. The zero-order valence-corrected chi connectivity index (χ0v) is 12.0. The summed E-state index contributed by atoms with van der Waals surface area (Å²) in [6, 6.07) is 14.5. The molecule has 0 saturated heterocycles. The third-order valence-electron chi connectivity index (χ3n) is 2.62. The lowest BCUT2D eigenvalue weighted by Gasteiger charge is -2.07. The van der Waals surface area contributed by atoms with E-state index in [0.717, 1.165) is 20.8 Å². The largest absolute Gasteiger partial charge is 0.398 e. The molecular weight excluding hydrogens is 294 g/mol. The number of aryl methyl sites for hydroxylation is 1. The summed E-state index contributed by atoms with van der Waals surface area (Å²) in [5, 5.41) is 0. The van der Waals surface area contributed by atoms with E-state index >= 15 is 0 Å². The first kappa shape index (κ1) is 12.5. The van der Waals surface area contributed by atoms with Crippen LogP contribution in [0.4, 0.5) is 5.69 Å². The Morgan fingerprint density at radius 1 is 1.18 bits per heavy atom. The molecule has 0 saturated carbocycles. The summed E-state index contributed by atoms with van der Waals surface area (Å²) >= 11 is 5.19. The first-order valence-corrected chi connectivity index (χ1v) is 7.17. The quantitative estimate of drug-likeness (QED) is 0.661. The van der Waals surface area contributed by atoms with Gasteiger partial charge in [-0.25, -0.2) is 0 Å². The van der Waals surface area contributed by atoms with Crippen molar-refractivity contribution in [1.82, 2.24) is 0 Å². The molecule has 0 aliphatic carbocycles. The minimum absolute atomic E-state index is 0.831. The molecule has 1 nitrogen and oxygen atoms in total. The molecule has 0 unspecified atom stereocenters. The maximum Gasteiger partial charge on any atom is 0.0463 e. The van der Waals surface area contributed by atoms with Crippen LogP contribution in [0.1, 0.15) is 11.1 Å². The van der Waals surface area contributed by atoms with Crippen molar-refractivity contribution < 1.29 is 0 Å². The van der Waals surface area contributed by atoms with Gasteiger partial charge in [-0.1, -0.05) is 40.2 Å². The summed E-state index contributed by atoms with van der Waals surface area (Å²) in [5.74, 6) is 0.957. The molecule has 0 heterocycles. The highest BCUT2D eigenvalue weighted by atomic mass is 79.9. The molecule has 2 N–H and O–H groups in total. The molecule has 2 aromatic carbocycles. The van der Waals surface area contributed by atoms with Crippen molar-refractivity contribution in [3.63, 3.8) is 0 Å². The van der Waals surface area contributed by atoms with Crippen LogP contribution in [0.3, 0.4) is 0 Å². The number of anilines is 1. The van der Waals surface area contributed by atoms with Gasteiger partial charge in [0.25, 0.3) is 0 Å². The molecule has 0 fully saturated rings. The second-order valence-electron chi connectivity index (χ2n) is 3.90. The smallest absolute Gasteiger partial charge is 0.0463 e. The van der Waals surface area contributed by atoms with Gasteiger partial charge >= 0.3 is 0 Å². The lowest BCUT2D eigenvalue weighted by molar-refractivity contribution is 1.30. The summed E-state index contributed by atoms with van der Waals surface area (Å²) in [5.41, 5.74) is 9.49. The average Bonchev–Trinajstić information content (AvgIpc) is 2.30. The monoisotopic (exact) mass is 307 g/mol. The minimum Gasteiger partial charge on any atom is -0.398 e. The van der Waals surface area contributed by atoms with Gasteiger partial charge in [0, 0.05) is 20.8 Å². The molecule has 0 aliphatic rings. The normalized spacial score (nSPS) is 10.5. The van der Waals surface area contributed by atoms with Gasteiger partial charge in [-0.05, 0) is 36.2 Å². The van der Waals surface area contributed by atoms with Crippen molar-refractivity contribution in [1.29, 1.82) is 0 Å². The number of rotatable bonds is 3. The fourth-order valence-electron chi connectivity index (χ4n) is 1.58. The second-order valence-corrected chi connectivity index (χ2v) is 5.83. The van der Waals surface area contributed by atoms with E-state index in [1.807, 2.05) is 12.1 Å². The SMILES string of the molecule is Cc1ccccc1CSc1ccc(Br)cc1N. The van der Waals surface area contributed by atoms with Crippen molar-refractivity contribution >= 4 is 33.4 Å². The second kappa shape index (κ2) is 5.61. The van der Waals surface area contributed by atoms with E-state index in [0.29, 0.717) is 0 Å². The van der Waals surface area contributed by atoms with Gasteiger partial charge in [-0.15, -0.1) is 11.8 Å². The van der Waals surface area contributed by atoms with Gasteiger partial charge in [0.05, 0.1) is 0 Å². The molecule has 0 bridgehead atoms. The molecule has 2 aromatic rings. The fraction of sp³-hybridized carbons (Fsp3) is 0.143.